The number of thioether (sulfide) groups is 1. The lowest BCUT2D eigenvalue weighted by Gasteiger charge is -2.30. The van der Waals surface area contributed by atoms with E-state index in [2.05, 4.69) is 4.98 Å². The van der Waals surface area contributed by atoms with Gasteiger partial charge in [-0.2, -0.15) is 0 Å². The minimum Gasteiger partial charge on any atom is -0.380 e. The topological polar surface area (TPSA) is 86.4 Å². The SMILES string of the molecule is COCc1cnc2c(c1SCC(=O)N(C(C)C)C(C)C)c(=O)n(C)c(=O)n2C. The molecule has 0 unspecified atom stereocenters. The molecule has 0 aromatic carbocycles. The molecule has 0 aliphatic rings. The Morgan fingerprint density at radius 1 is 1.18 bits per heavy atom. The van der Waals surface area contributed by atoms with Crippen molar-refractivity contribution in [1.82, 2.24) is 19.0 Å². The Hall–Kier alpha value is -2.13. The van der Waals surface area contributed by atoms with Gasteiger partial charge in [-0.25, -0.2) is 9.78 Å². The van der Waals surface area contributed by atoms with E-state index in [1.807, 2.05) is 32.6 Å². The van der Waals surface area contributed by atoms with E-state index in [0.29, 0.717) is 21.5 Å². The molecule has 0 atom stereocenters. The fourth-order valence-corrected chi connectivity index (χ4v) is 4.38. The first kappa shape index (κ1) is 22.2. The molecule has 0 spiro atoms. The summed E-state index contributed by atoms with van der Waals surface area (Å²) in [5.74, 6) is 0.169. The molecule has 0 radical (unpaired) electrons. The minimum atomic E-state index is -0.442. The van der Waals surface area contributed by atoms with Gasteiger partial charge in [0.05, 0.1) is 17.7 Å². The van der Waals surface area contributed by atoms with Gasteiger partial charge in [0.1, 0.15) is 5.65 Å². The Kier molecular flexibility index (Phi) is 7.06. The molecule has 0 aliphatic heterocycles. The molecule has 0 bridgehead atoms. The van der Waals surface area contributed by atoms with E-state index >= 15 is 0 Å². The van der Waals surface area contributed by atoms with Gasteiger partial charge >= 0.3 is 5.69 Å². The zero-order valence-electron chi connectivity index (χ0n) is 17.5. The van der Waals surface area contributed by atoms with Gasteiger partial charge in [-0.3, -0.25) is 18.7 Å². The van der Waals surface area contributed by atoms with Crippen LogP contribution in [0.2, 0.25) is 0 Å². The Morgan fingerprint density at radius 2 is 1.79 bits per heavy atom. The predicted octanol–water partition coefficient (Wildman–Crippen LogP) is 1.52. The van der Waals surface area contributed by atoms with Gasteiger partial charge in [0, 0.05) is 49.9 Å². The number of ether oxygens (including phenoxy) is 1. The highest BCUT2D eigenvalue weighted by Gasteiger charge is 2.23. The minimum absolute atomic E-state index is 0.00928. The monoisotopic (exact) mass is 408 g/mol. The van der Waals surface area contributed by atoms with Crippen LogP contribution >= 0.6 is 11.8 Å². The molecule has 9 heteroatoms. The Bertz CT molecular complexity index is 986. The van der Waals surface area contributed by atoms with Crippen molar-refractivity contribution in [3.63, 3.8) is 0 Å². The number of rotatable bonds is 7. The number of carbonyl (C=O) groups excluding carboxylic acids is 1. The summed E-state index contributed by atoms with van der Waals surface area (Å²) in [5.41, 5.74) is 0.141. The van der Waals surface area contributed by atoms with E-state index < -0.39 is 11.2 Å². The van der Waals surface area contributed by atoms with Crippen LogP contribution in [0.4, 0.5) is 0 Å². The Morgan fingerprint density at radius 3 is 2.32 bits per heavy atom. The number of aromatic nitrogens is 3. The molecule has 2 aromatic heterocycles. The summed E-state index contributed by atoms with van der Waals surface area (Å²) in [5, 5.41) is 0.331. The molecule has 0 fully saturated rings. The molecular formula is C19H28N4O4S. The molecule has 28 heavy (non-hydrogen) atoms. The van der Waals surface area contributed by atoms with Gasteiger partial charge in [0.2, 0.25) is 5.91 Å². The van der Waals surface area contributed by atoms with Gasteiger partial charge < -0.3 is 9.64 Å². The molecule has 2 heterocycles. The summed E-state index contributed by atoms with van der Waals surface area (Å²) in [7, 11) is 4.57. The van der Waals surface area contributed by atoms with Gasteiger partial charge in [0.25, 0.3) is 5.56 Å². The highest BCUT2D eigenvalue weighted by atomic mass is 32.2. The quantitative estimate of drug-likeness (QED) is 0.646. The van der Waals surface area contributed by atoms with Gasteiger partial charge in [-0.05, 0) is 27.7 Å². The molecule has 1 amide bonds. The summed E-state index contributed by atoms with van der Waals surface area (Å²) >= 11 is 1.29. The maximum atomic E-state index is 12.8. The van der Waals surface area contributed by atoms with Crippen LogP contribution < -0.4 is 11.2 Å². The third-order valence-electron chi connectivity index (χ3n) is 4.54. The average Bonchev–Trinajstić information content (AvgIpc) is 2.62. The first-order valence-electron chi connectivity index (χ1n) is 9.12. The molecule has 2 rings (SSSR count). The van der Waals surface area contributed by atoms with Crippen molar-refractivity contribution in [2.75, 3.05) is 12.9 Å². The Labute approximate surface area is 168 Å². The number of aryl methyl sites for hydroxylation is 1. The van der Waals surface area contributed by atoms with Crippen molar-refractivity contribution in [3.8, 4) is 0 Å². The fraction of sp³-hybridized carbons (Fsp3) is 0.579. The van der Waals surface area contributed by atoms with Crippen molar-refractivity contribution in [2.45, 2.75) is 51.3 Å². The maximum absolute atomic E-state index is 12.8. The van der Waals surface area contributed by atoms with E-state index in [-0.39, 0.29) is 30.4 Å². The molecule has 2 aromatic rings. The zero-order chi connectivity index (χ0) is 21.2. The molecular weight excluding hydrogens is 380 g/mol. The summed E-state index contributed by atoms with van der Waals surface area (Å²) < 4.78 is 7.64. The zero-order valence-corrected chi connectivity index (χ0v) is 18.3. The second-order valence-corrected chi connectivity index (χ2v) is 8.21. The third-order valence-corrected chi connectivity index (χ3v) is 5.68. The standard InChI is InChI=1S/C19H28N4O4S/c1-11(2)23(12(3)4)14(24)10-28-16-13(9-27-7)8-20-17-15(16)18(25)22(6)19(26)21(17)5/h8,11-12H,9-10H2,1-7H3. The molecule has 0 saturated heterocycles. The van der Waals surface area contributed by atoms with Crippen LogP contribution in [0.25, 0.3) is 11.0 Å². The average molecular weight is 409 g/mol. The predicted molar refractivity (Wildman–Crippen MR) is 111 cm³/mol. The number of methoxy groups -OCH3 is 1. The maximum Gasteiger partial charge on any atom is 0.332 e. The highest BCUT2D eigenvalue weighted by Crippen LogP contribution is 2.29. The smallest absolute Gasteiger partial charge is 0.332 e. The molecule has 0 N–H and O–H groups in total. The number of amides is 1. The van der Waals surface area contributed by atoms with Crippen LogP contribution in [0.15, 0.2) is 20.7 Å². The largest absolute Gasteiger partial charge is 0.380 e. The number of hydrogen-bond acceptors (Lipinski definition) is 6. The number of carbonyl (C=O) groups is 1. The molecule has 154 valence electrons. The van der Waals surface area contributed by atoms with Gasteiger partial charge in [-0.15, -0.1) is 11.8 Å². The molecule has 8 nitrogen and oxygen atoms in total. The van der Waals surface area contributed by atoms with Crippen LogP contribution in [0.5, 0.6) is 0 Å². The van der Waals surface area contributed by atoms with Crippen LogP contribution in [0, 0.1) is 0 Å². The second-order valence-electron chi connectivity index (χ2n) is 7.23. The van der Waals surface area contributed by atoms with Crippen LogP contribution in [-0.2, 0) is 30.2 Å². The van der Waals surface area contributed by atoms with E-state index in [4.69, 9.17) is 4.74 Å². The summed E-state index contributed by atoms with van der Waals surface area (Å²) in [6.07, 6.45) is 1.60. The van der Waals surface area contributed by atoms with Crippen molar-refractivity contribution >= 4 is 28.7 Å². The van der Waals surface area contributed by atoms with E-state index in [1.54, 1.807) is 20.4 Å². The first-order chi connectivity index (χ1) is 13.1. The van der Waals surface area contributed by atoms with Crippen molar-refractivity contribution < 1.29 is 9.53 Å². The fourth-order valence-electron chi connectivity index (χ4n) is 3.35. The van der Waals surface area contributed by atoms with E-state index in [1.165, 1.54) is 23.4 Å². The van der Waals surface area contributed by atoms with E-state index in [0.717, 1.165) is 4.57 Å². The number of hydrogen-bond donors (Lipinski definition) is 0. The summed E-state index contributed by atoms with van der Waals surface area (Å²) in [4.78, 5) is 44.6. The van der Waals surface area contributed by atoms with Crippen LogP contribution in [0.3, 0.4) is 0 Å². The molecule has 0 aliphatic carbocycles. The lowest BCUT2D eigenvalue weighted by atomic mass is 10.2. The molecule has 0 saturated carbocycles. The van der Waals surface area contributed by atoms with Crippen molar-refractivity contribution in [3.05, 3.63) is 32.6 Å². The first-order valence-corrected chi connectivity index (χ1v) is 10.1. The number of nitrogens with zero attached hydrogens (tertiary/aromatic N) is 4. The van der Waals surface area contributed by atoms with Crippen molar-refractivity contribution in [1.29, 1.82) is 0 Å². The highest BCUT2D eigenvalue weighted by molar-refractivity contribution is 8.00. The number of fused-ring (bicyclic) bond motifs is 1. The summed E-state index contributed by atoms with van der Waals surface area (Å²) in [6, 6.07) is 0.156. The number of pyridine rings is 1. The van der Waals surface area contributed by atoms with Gasteiger partial charge in [0.15, 0.2) is 0 Å². The van der Waals surface area contributed by atoms with Crippen LogP contribution in [-0.4, -0.2) is 49.9 Å². The lowest BCUT2D eigenvalue weighted by Crippen LogP contribution is -2.43. The lowest BCUT2D eigenvalue weighted by molar-refractivity contribution is -0.131. The van der Waals surface area contributed by atoms with Crippen molar-refractivity contribution in [2.24, 2.45) is 14.1 Å². The van der Waals surface area contributed by atoms with E-state index in [9.17, 15) is 14.4 Å². The normalized spacial score (nSPS) is 11.6. The van der Waals surface area contributed by atoms with Gasteiger partial charge in [-0.1, -0.05) is 0 Å². The third kappa shape index (κ3) is 4.15. The summed E-state index contributed by atoms with van der Waals surface area (Å²) in [6.45, 7) is 8.17. The Balaban J connectivity index is 2.58. The second kappa shape index (κ2) is 8.91. The van der Waals surface area contributed by atoms with Crippen LogP contribution in [0.1, 0.15) is 33.3 Å².